The summed E-state index contributed by atoms with van der Waals surface area (Å²) in [5, 5.41) is 0. The molecule has 0 amide bonds. The highest BCUT2D eigenvalue weighted by Crippen LogP contribution is 2.14. The predicted molar refractivity (Wildman–Crippen MR) is 117 cm³/mol. The summed E-state index contributed by atoms with van der Waals surface area (Å²) >= 11 is 0. The Balaban J connectivity index is 2.12. The first-order valence-corrected chi connectivity index (χ1v) is 11.0. The third-order valence-corrected chi connectivity index (χ3v) is 5.11. The molecule has 0 aliphatic carbocycles. The van der Waals surface area contributed by atoms with Gasteiger partial charge in [0.15, 0.2) is 5.78 Å². The third-order valence-electron chi connectivity index (χ3n) is 5.11. The molecule has 29 heavy (non-hydrogen) atoms. The smallest absolute Gasteiger partial charge is 0.168 e. The molecule has 0 spiro atoms. The molecule has 168 valence electrons. The van der Waals surface area contributed by atoms with Crippen molar-refractivity contribution in [3.8, 4) is 0 Å². The molecule has 1 fully saturated rings. The lowest BCUT2D eigenvalue weighted by Crippen LogP contribution is -2.37. The second kappa shape index (κ2) is 15.5. The van der Waals surface area contributed by atoms with Crippen LogP contribution >= 0.6 is 0 Å². The van der Waals surface area contributed by atoms with Crippen molar-refractivity contribution in [1.29, 1.82) is 0 Å². The van der Waals surface area contributed by atoms with Crippen LogP contribution in [0.3, 0.4) is 0 Å². The summed E-state index contributed by atoms with van der Waals surface area (Å²) in [6.45, 7) is 14.0. The van der Waals surface area contributed by atoms with E-state index < -0.39 is 0 Å². The molecule has 7 nitrogen and oxygen atoms in total. The van der Waals surface area contributed by atoms with Gasteiger partial charge in [0.25, 0.3) is 0 Å². The summed E-state index contributed by atoms with van der Waals surface area (Å²) < 4.78 is 16.5. The van der Waals surface area contributed by atoms with Gasteiger partial charge < -0.3 is 24.8 Å². The number of nitrogens with zero attached hydrogens (tertiary/aromatic N) is 2. The fourth-order valence-electron chi connectivity index (χ4n) is 2.99. The molecule has 7 heteroatoms. The minimum absolute atomic E-state index is 0.0168. The van der Waals surface area contributed by atoms with Crippen LogP contribution < -0.4 is 5.73 Å². The Labute approximate surface area is 176 Å². The first-order valence-electron chi connectivity index (χ1n) is 11.0. The third kappa shape index (κ3) is 11.5. The molecule has 0 saturated carbocycles. The molecule has 0 aromatic carbocycles. The Morgan fingerprint density at radius 2 is 1.72 bits per heavy atom. The zero-order valence-electron chi connectivity index (χ0n) is 18.8. The van der Waals surface area contributed by atoms with E-state index in [1.165, 1.54) is 6.20 Å². The van der Waals surface area contributed by atoms with Gasteiger partial charge in [-0.2, -0.15) is 0 Å². The molecular weight excluding hydrogens is 370 g/mol. The van der Waals surface area contributed by atoms with Gasteiger partial charge in [0, 0.05) is 38.0 Å². The van der Waals surface area contributed by atoms with Crippen LogP contribution in [0.15, 0.2) is 16.8 Å². The average Bonchev–Trinajstić information content (AvgIpc) is 2.72. The van der Waals surface area contributed by atoms with Crippen LogP contribution in [0, 0.1) is 5.92 Å². The minimum Gasteiger partial charge on any atom is -0.404 e. The maximum absolute atomic E-state index is 12.2. The topological polar surface area (TPSA) is 86.4 Å². The van der Waals surface area contributed by atoms with Crippen LogP contribution in [0.2, 0.25) is 0 Å². The highest BCUT2D eigenvalue weighted by atomic mass is 16.5. The van der Waals surface area contributed by atoms with Gasteiger partial charge in [-0.05, 0) is 33.1 Å². The van der Waals surface area contributed by atoms with Crippen molar-refractivity contribution in [3.05, 3.63) is 11.8 Å². The molecule has 0 radical (unpaired) electrons. The molecule has 1 saturated heterocycles. The largest absolute Gasteiger partial charge is 0.404 e. The molecule has 1 aliphatic rings. The van der Waals surface area contributed by atoms with Crippen molar-refractivity contribution in [2.45, 2.75) is 59.1 Å². The highest BCUT2D eigenvalue weighted by molar-refractivity contribution is 6.14. The first-order chi connectivity index (χ1) is 14.0. The number of hydrogen-bond acceptors (Lipinski definition) is 7. The van der Waals surface area contributed by atoms with Gasteiger partial charge in [0.2, 0.25) is 0 Å². The normalized spacial score (nSPS) is 18.0. The Morgan fingerprint density at radius 3 is 2.31 bits per heavy atom. The van der Waals surface area contributed by atoms with Gasteiger partial charge in [0.05, 0.1) is 50.8 Å². The number of nitrogens with two attached hydrogens (primary N) is 1. The number of ketones is 1. The van der Waals surface area contributed by atoms with Crippen LogP contribution in [0.5, 0.6) is 0 Å². The summed E-state index contributed by atoms with van der Waals surface area (Å²) in [5.74, 6) is 0.0571. The zero-order chi connectivity index (χ0) is 21.5. The van der Waals surface area contributed by atoms with E-state index in [9.17, 15) is 4.79 Å². The van der Waals surface area contributed by atoms with Crippen LogP contribution in [0.4, 0.5) is 0 Å². The molecule has 1 unspecified atom stereocenters. The van der Waals surface area contributed by atoms with Crippen molar-refractivity contribution in [2.24, 2.45) is 16.6 Å². The van der Waals surface area contributed by atoms with E-state index in [0.717, 1.165) is 38.9 Å². The van der Waals surface area contributed by atoms with E-state index in [2.05, 4.69) is 9.89 Å². The maximum Gasteiger partial charge on any atom is 0.168 e. The van der Waals surface area contributed by atoms with Crippen molar-refractivity contribution < 1.29 is 19.0 Å². The summed E-state index contributed by atoms with van der Waals surface area (Å²) in [7, 11) is 0. The highest BCUT2D eigenvalue weighted by Gasteiger charge is 2.19. The van der Waals surface area contributed by atoms with Gasteiger partial charge in [-0.3, -0.25) is 9.79 Å². The molecule has 0 bridgehead atoms. The number of allylic oxidation sites excluding steroid dienone is 1. The summed E-state index contributed by atoms with van der Waals surface area (Å²) in [5.41, 5.74) is 6.14. The lowest BCUT2D eigenvalue weighted by Gasteiger charge is -2.30. The van der Waals surface area contributed by atoms with Gasteiger partial charge in [0.1, 0.15) is 0 Å². The fraction of sp³-hybridized carbons (Fsp3) is 0.818. The zero-order valence-corrected chi connectivity index (χ0v) is 18.8. The van der Waals surface area contributed by atoms with Gasteiger partial charge in [-0.1, -0.05) is 13.8 Å². The Hall–Kier alpha value is -1.28. The molecule has 0 aromatic rings. The molecular formula is C22H41N3O4. The lowest BCUT2D eigenvalue weighted by molar-refractivity contribution is -0.118. The number of piperidine rings is 1. The van der Waals surface area contributed by atoms with E-state index in [1.54, 1.807) is 6.21 Å². The summed E-state index contributed by atoms with van der Waals surface area (Å²) in [4.78, 5) is 19.2. The van der Waals surface area contributed by atoms with Gasteiger partial charge in [-0.15, -0.1) is 0 Å². The van der Waals surface area contributed by atoms with Gasteiger partial charge in [-0.25, -0.2) is 0 Å². The van der Waals surface area contributed by atoms with E-state index in [4.69, 9.17) is 19.9 Å². The Kier molecular flexibility index (Phi) is 13.8. The number of carbonyl (C=O) groups excluding carboxylic acids is 1. The number of aliphatic imine (C=N–C) groups is 1. The number of rotatable bonds is 15. The van der Waals surface area contributed by atoms with Crippen molar-refractivity contribution in [1.82, 2.24) is 4.90 Å². The molecule has 2 N–H and O–H groups in total. The average molecular weight is 412 g/mol. The minimum atomic E-state index is -0.0168. The van der Waals surface area contributed by atoms with Gasteiger partial charge >= 0.3 is 0 Å². The van der Waals surface area contributed by atoms with Crippen LogP contribution in [-0.2, 0) is 19.0 Å². The Bertz CT molecular complexity index is 500. The SMILES string of the molecule is CCC(C)C(=O)/C(C=NC1CCN(CCOCCOCCOC(C)C)CC1)=C/N. The quantitative estimate of drug-likeness (QED) is 0.253. The van der Waals surface area contributed by atoms with Crippen LogP contribution in [0.25, 0.3) is 0 Å². The monoisotopic (exact) mass is 411 g/mol. The van der Waals surface area contributed by atoms with E-state index in [0.29, 0.717) is 38.6 Å². The standard InChI is InChI=1S/C22H41N3O4/c1-5-19(4)22(26)20(16-23)17-24-21-6-8-25(9-7-21)10-11-27-12-13-28-14-15-29-18(2)3/h16-19,21H,5-15,23H2,1-4H3/b20-16+,24-17?. The number of Topliss-reactive ketones (excluding diaryl/α,β-unsaturated/α-hetero) is 1. The van der Waals surface area contributed by atoms with E-state index in [-0.39, 0.29) is 23.8 Å². The molecule has 1 atom stereocenters. The number of carbonyl (C=O) groups is 1. The van der Waals surface area contributed by atoms with Crippen molar-refractivity contribution in [2.75, 3.05) is 52.7 Å². The summed E-state index contributed by atoms with van der Waals surface area (Å²) in [6.07, 6.45) is 6.09. The molecule has 0 aromatic heterocycles. The molecule has 1 rings (SSSR count). The van der Waals surface area contributed by atoms with Crippen molar-refractivity contribution in [3.63, 3.8) is 0 Å². The van der Waals surface area contributed by atoms with E-state index in [1.807, 2.05) is 27.7 Å². The van der Waals surface area contributed by atoms with Crippen molar-refractivity contribution >= 4 is 12.0 Å². The van der Waals surface area contributed by atoms with E-state index >= 15 is 0 Å². The Morgan fingerprint density at radius 1 is 1.10 bits per heavy atom. The number of hydrogen-bond donors (Lipinski definition) is 1. The van der Waals surface area contributed by atoms with Crippen LogP contribution in [-0.4, -0.2) is 81.7 Å². The summed E-state index contributed by atoms with van der Waals surface area (Å²) in [6, 6.07) is 0.258. The second-order valence-corrected chi connectivity index (χ2v) is 7.79. The number of ether oxygens (including phenoxy) is 3. The fourth-order valence-corrected chi connectivity index (χ4v) is 2.99. The lowest BCUT2D eigenvalue weighted by atomic mass is 9.98. The molecule has 1 aliphatic heterocycles. The molecule has 1 heterocycles. The van der Waals surface area contributed by atoms with Crippen LogP contribution in [0.1, 0.15) is 47.0 Å². The number of likely N-dealkylation sites (tertiary alicyclic amines) is 1. The second-order valence-electron chi connectivity index (χ2n) is 7.79. The first kappa shape index (κ1) is 25.8. The maximum atomic E-state index is 12.2. The predicted octanol–water partition coefficient (Wildman–Crippen LogP) is 2.44.